The number of anilines is 1. The zero-order chi connectivity index (χ0) is 18.7. The lowest BCUT2D eigenvalue weighted by Gasteiger charge is -2.33. The third-order valence-electron chi connectivity index (χ3n) is 4.64. The number of hydrogen-bond acceptors (Lipinski definition) is 5. The van der Waals surface area contributed by atoms with E-state index in [1.165, 1.54) is 10.6 Å². The van der Waals surface area contributed by atoms with Crippen molar-refractivity contribution in [2.24, 2.45) is 0 Å². The third kappa shape index (κ3) is 4.34. The van der Waals surface area contributed by atoms with Crippen LogP contribution in [0, 0.1) is 0 Å². The Labute approximate surface area is 153 Å². The smallest absolute Gasteiger partial charge is 0.260 e. The molecule has 26 heavy (non-hydrogen) atoms. The molecule has 2 saturated heterocycles. The SMILES string of the molecule is CS(=O)(=O)N1CCN(C(=O)COc2ccc(N3CCCC3=O)cc2)CC1. The number of nitrogens with zero attached hydrogens (tertiary/aromatic N) is 3. The Kier molecular flexibility index (Phi) is 5.47. The van der Waals surface area contributed by atoms with E-state index < -0.39 is 10.0 Å². The first kappa shape index (κ1) is 18.7. The fraction of sp³-hybridized carbons (Fsp3) is 0.529. The lowest BCUT2D eigenvalue weighted by molar-refractivity contribution is -0.134. The molecule has 3 rings (SSSR count). The van der Waals surface area contributed by atoms with E-state index in [0.29, 0.717) is 38.3 Å². The van der Waals surface area contributed by atoms with Crippen molar-refractivity contribution in [3.63, 3.8) is 0 Å². The summed E-state index contributed by atoms with van der Waals surface area (Å²) >= 11 is 0. The van der Waals surface area contributed by atoms with Gasteiger partial charge in [0, 0.05) is 44.8 Å². The number of sulfonamides is 1. The van der Waals surface area contributed by atoms with Gasteiger partial charge in [0.1, 0.15) is 5.75 Å². The quantitative estimate of drug-likeness (QED) is 0.732. The van der Waals surface area contributed by atoms with Crippen LogP contribution in [0.25, 0.3) is 0 Å². The second-order valence-electron chi connectivity index (χ2n) is 6.47. The summed E-state index contributed by atoms with van der Waals surface area (Å²) in [6, 6.07) is 7.12. The van der Waals surface area contributed by atoms with Crippen molar-refractivity contribution in [1.82, 2.24) is 9.21 Å². The van der Waals surface area contributed by atoms with Gasteiger partial charge in [0.25, 0.3) is 5.91 Å². The van der Waals surface area contributed by atoms with E-state index in [0.717, 1.165) is 18.7 Å². The normalized spacial score (nSPS) is 19.0. The molecule has 0 unspecified atom stereocenters. The van der Waals surface area contributed by atoms with E-state index in [4.69, 9.17) is 4.74 Å². The monoisotopic (exact) mass is 381 g/mol. The fourth-order valence-corrected chi connectivity index (χ4v) is 3.98. The van der Waals surface area contributed by atoms with Crippen LogP contribution in [0.4, 0.5) is 5.69 Å². The zero-order valence-corrected chi connectivity index (χ0v) is 15.6. The van der Waals surface area contributed by atoms with Gasteiger partial charge in [-0.1, -0.05) is 0 Å². The van der Waals surface area contributed by atoms with Crippen LogP contribution < -0.4 is 9.64 Å². The summed E-state index contributed by atoms with van der Waals surface area (Å²) in [5.41, 5.74) is 0.836. The molecule has 8 nitrogen and oxygen atoms in total. The summed E-state index contributed by atoms with van der Waals surface area (Å²) in [6.45, 7) is 1.99. The Morgan fingerprint density at radius 3 is 2.27 bits per heavy atom. The van der Waals surface area contributed by atoms with E-state index in [2.05, 4.69) is 0 Å². The first-order valence-electron chi connectivity index (χ1n) is 8.61. The number of carbonyl (C=O) groups is 2. The number of ether oxygens (including phenoxy) is 1. The predicted octanol–water partition coefficient (Wildman–Crippen LogP) is 0.296. The molecule has 0 saturated carbocycles. The van der Waals surface area contributed by atoms with E-state index in [1.807, 2.05) is 12.1 Å². The molecule has 2 aliphatic heterocycles. The summed E-state index contributed by atoms with van der Waals surface area (Å²) in [5, 5.41) is 0. The molecule has 0 atom stereocenters. The summed E-state index contributed by atoms with van der Waals surface area (Å²) < 4.78 is 29.9. The van der Waals surface area contributed by atoms with Crippen molar-refractivity contribution in [2.45, 2.75) is 12.8 Å². The highest BCUT2D eigenvalue weighted by Crippen LogP contribution is 2.23. The average molecular weight is 381 g/mol. The molecule has 1 aromatic rings. The minimum atomic E-state index is -3.21. The number of carbonyl (C=O) groups excluding carboxylic acids is 2. The second-order valence-corrected chi connectivity index (χ2v) is 8.46. The van der Waals surface area contributed by atoms with Crippen molar-refractivity contribution in [2.75, 3.05) is 50.5 Å². The summed E-state index contributed by atoms with van der Waals surface area (Å²) in [6.07, 6.45) is 2.63. The molecule has 0 radical (unpaired) electrons. The molecular formula is C17H23N3O5S. The van der Waals surface area contributed by atoms with Crippen molar-refractivity contribution < 1.29 is 22.7 Å². The molecule has 9 heteroatoms. The minimum absolute atomic E-state index is 0.0964. The van der Waals surface area contributed by atoms with Crippen LogP contribution in [0.15, 0.2) is 24.3 Å². The second kappa shape index (κ2) is 7.63. The van der Waals surface area contributed by atoms with Crippen molar-refractivity contribution in [1.29, 1.82) is 0 Å². The molecule has 2 fully saturated rings. The van der Waals surface area contributed by atoms with Crippen molar-refractivity contribution in [3.8, 4) is 5.75 Å². The van der Waals surface area contributed by atoms with Crippen molar-refractivity contribution in [3.05, 3.63) is 24.3 Å². The Hall–Kier alpha value is -2.13. The maximum Gasteiger partial charge on any atom is 0.260 e. The van der Waals surface area contributed by atoms with Crippen LogP contribution in [-0.4, -0.2) is 75.0 Å². The van der Waals surface area contributed by atoms with Gasteiger partial charge in [-0.25, -0.2) is 8.42 Å². The molecule has 2 aliphatic rings. The van der Waals surface area contributed by atoms with Gasteiger partial charge in [0.05, 0.1) is 6.26 Å². The third-order valence-corrected chi connectivity index (χ3v) is 5.95. The van der Waals surface area contributed by atoms with Gasteiger partial charge < -0.3 is 14.5 Å². The van der Waals surface area contributed by atoms with Crippen LogP contribution in [-0.2, 0) is 19.6 Å². The topological polar surface area (TPSA) is 87.2 Å². The van der Waals surface area contributed by atoms with E-state index >= 15 is 0 Å². The highest BCUT2D eigenvalue weighted by Gasteiger charge is 2.26. The van der Waals surface area contributed by atoms with Crippen LogP contribution >= 0.6 is 0 Å². The largest absolute Gasteiger partial charge is 0.484 e. The Bertz CT molecular complexity index is 770. The summed E-state index contributed by atoms with van der Waals surface area (Å²) in [4.78, 5) is 27.3. The fourth-order valence-electron chi connectivity index (χ4n) is 3.15. The van der Waals surface area contributed by atoms with Gasteiger partial charge in [-0.3, -0.25) is 9.59 Å². The predicted molar refractivity (Wildman–Crippen MR) is 96.5 cm³/mol. The average Bonchev–Trinajstić information content (AvgIpc) is 3.05. The zero-order valence-electron chi connectivity index (χ0n) is 14.8. The Balaban J connectivity index is 1.48. The molecule has 142 valence electrons. The molecule has 1 aromatic carbocycles. The maximum absolute atomic E-state index is 12.2. The van der Waals surface area contributed by atoms with Crippen LogP contribution in [0.2, 0.25) is 0 Å². The van der Waals surface area contributed by atoms with Gasteiger partial charge in [-0.15, -0.1) is 0 Å². The highest BCUT2D eigenvalue weighted by molar-refractivity contribution is 7.88. The summed E-state index contributed by atoms with van der Waals surface area (Å²) in [7, 11) is -3.21. The van der Waals surface area contributed by atoms with E-state index in [1.54, 1.807) is 21.9 Å². The standard InChI is InChI=1S/C17H23N3O5S/c1-26(23,24)19-11-9-18(10-12-19)17(22)13-25-15-6-4-14(5-7-15)20-8-2-3-16(20)21/h4-7H,2-3,8-13H2,1H3. The molecule has 2 amide bonds. The van der Waals surface area contributed by atoms with Gasteiger partial charge in [-0.05, 0) is 30.7 Å². The number of piperazine rings is 1. The maximum atomic E-state index is 12.2. The van der Waals surface area contributed by atoms with Crippen LogP contribution in [0.5, 0.6) is 5.75 Å². The Morgan fingerprint density at radius 2 is 1.73 bits per heavy atom. The molecule has 2 heterocycles. The molecule has 0 aliphatic carbocycles. The number of hydrogen-bond donors (Lipinski definition) is 0. The molecule has 0 bridgehead atoms. The highest BCUT2D eigenvalue weighted by atomic mass is 32.2. The molecule has 0 N–H and O–H groups in total. The van der Waals surface area contributed by atoms with Crippen LogP contribution in [0.1, 0.15) is 12.8 Å². The van der Waals surface area contributed by atoms with Gasteiger partial charge >= 0.3 is 0 Å². The van der Waals surface area contributed by atoms with Crippen molar-refractivity contribution >= 4 is 27.5 Å². The molecule has 0 aromatic heterocycles. The van der Waals surface area contributed by atoms with E-state index in [-0.39, 0.29) is 18.4 Å². The number of amides is 2. The lowest BCUT2D eigenvalue weighted by atomic mass is 10.3. The summed E-state index contributed by atoms with van der Waals surface area (Å²) in [5.74, 6) is 0.516. The van der Waals surface area contributed by atoms with Gasteiger partial charge in [0.2, 0.25) is 15.9 Å². The van der Waals surface area contributed by atoms with Gasteiger partial charge in [-0.2, -0.15) is 4.31 Å². The number of rotatable bonds is 5. The van der Waals surface area contributed by atoms with E-state index in [9.17, 15) is 18.0 Å². The molecular weight excluding hydrogens is 358 g/mol. The number of benzene rings is 1. The van der Waals surface area contributed by atoms with Gasteiger partial charge in [0.15, 0.2) is 6.61 Å². The minimum Gasteiger partial charge on any atom is -0.484 e. The van der Waals surface area contributed by atoms with Crippen LogP contribution in [0.3, 0.4) is 0 Å². The first-order chi connectivity index (χ1) is 12.3. The lowest BCUT2D eigenvalue weighted by Crippen LogP contribution is -2.51. The first-order valence-corrected chi connectivity index (χ1v) is 10.5. The Morgan fingerprint density at radius 1 is 1.08 bits per heavy atom. The molecule has 0 spiro atoms.